The van der Waals surface area contributed by atoms with Gasteiger partial charge in [0.2, 0.25) is 0 Å². The van der Waals surface area contributed by atoms with Crippen LogP contribution < -0.4 is 15.4 Å². The lowest BCUT2D eigenvalue weighted by Gasteiger charge is -2.16. The van der Waals surface area contributed by atoms with Crippen LogP contribution in [-0.4, -0.2) is 41.9 Å². The summed E-state index contributed by atoms with van der Waals surface area (Å²) in [6.45, 7) is 2.32. The average Bonchev–Trinajstić information content (AvgIpc) is 3.13. The van der Waals surface area contributed by atoms with Gasteiger partial charge in [-0.25, -0.2) is 4.98 Å². The lowest BCUT2D eigenvalue weighted by Crippen LogP contribution is -2.37. The quantitative estimate of drug-likeness (QED) is 0.418. The van der Waals surface area contributed by atoms with E-state index in [4.69, 9.17) is 4.74 Å². The summed E-state index contributed by atoms with van der Waals surface area (Å²) in [5, 5.41) is 6.27. The maximum Gasteiger partial charge on any atom is 0.422 e. The van der Waals surface area contributed by atoms with Crippen LogP contribution in [0.1, 0.15) is 17.5 Å². The third-order valence-electron chi connectivity index (χ3n) is 3.73. The van der Waals surface area contributed by atoms with Crippen LogP contribution in [-0.2, 0) is 13.1 Å². The van der Waals surface area contributed by atoms with E-state index in [0.717, 1.165) is 18.5 Å². The van der Waals surface area contributed by atoms with Crippen LogP contribution in [0, 0.1) is 6.92 Å². The number of nitrogens with one attached hydrogen (secondary N) is 2. The van der Waals surface area contributed by atoms with Crippen LogP contribution in [0.15, 0.2) is 41.9 Å². The standard InChI is InChI=1S/C18H24F3N5O/c1-14-4-5-15(16(10-14)27-12-18(19,20)21)11-25-17(22-2)24-6-3-8-26-9-7-23-13-26/h4-5,7,9-10,13H,3,6,8,11-12H2,1-2H3,(H2,22,24,25). The monoisotopic (exact) mass is 383 g/mol. The van der Waals surface area contributed by atoms with Gasteiger partial charge < -0.3 is 19.9 Å². The molecule has 9 heteroatoms. The van der Waals surface area contributed by atoms with Crippen LogP contribution in [0.2, 0.25) is 0 Å². The summed E-state index contributed by atoms with van der Waals surface area (Å²) in [4.78, 5) is 8.11. The number of aliphatic imine (C=N–C) groups is 1. The summed E-state index contributed by atoms with van der Waals surface area (Å²) in [7, 11) is 1.64. The Bertz CT molecular complexity index is 729. The molecule has 0 bridgehead atoms. The third-order valence-corrected chi connectivity index (χ3v) is 3.73. The van der Waals surface area contributed by atoms with Crippen LogP contribution in [0.5, 0.6) is 5.75 Å². The van der Waals surface area contributed by atoms with Crippen LogP contribution in [0.25, 0.3) is 0 Å². The Balaban J connectivity index is 1.84. The van der Waals surface area contributed by atoms with Crippen molar-refractivity contribution >= 4 is 5.96 Å². The second kappa shape index (κ2) is 9.84. The van der Waals surface area contributed by atoms with Gasteiger partial charge in [-0.15, -0.1) is 0 Å². The molecular weight excluding hydrogens is 359 g/mol. The predicted octanol–water partition coefficient (Wildman–Crippen LogP) is 2.89. The van der Waals surface area contributed by atoms with Crippen molar-refractivity contribution in [3.63, 3.8) is 0 Å². The van der Waals surface area contributed by atoms with E-state index in [1.165, 1.54) is 0 Å². The van der Waals surface area contributed by atoms with Crippen molar-refractivity contribution in [3.8, 4) is 5.75 Å². The Hall–Kier alpha value is -2.71. The molecule has 0 spiro atoms. The molecule has 2 rings (SSSR count). The van der Waals surface area contributed by atoms with Gasteiger partial charge in [0.05, 0.1) is 6.33 Å². The maximum absolute atomic E-state index is 12.4. The van der Waals surface area contributed by atoms with E-state index in [2.05, 4.69) is 20.6 Å². The lowest BCUT2D eigenvalue weighted by molar-refractivity contribution is -0.153. The van der Waals surface area contributed by atoms with E-state index >= 15 is 0 Å². The van der Waals surface area contributed by atoms with Gasteiger partial charge in [0.15, 0.2) is 12.6 Å². The minimum Gasteiger partial charge on any atom is -0.484 e. The molecule has 2 aromatic rings. The van der Waals surface area contributed by atoms with Crippen molar-refractivity contribution in [2.75, 3.05) is 20.2 Å². The Morgan fingerprint density at radius 1 is 1.30 bits per heavy atom. The molecule has 1 aromatic carbocycles. The average molecular weight is 383 g/mol. The van der Waals surface area contributed by atoms with Crippen LogP contribution in [0.4, 0.5) is 13.2 Å². The molecular formula is C18H24F3N5O. The highest BCUT2D eigenvalue weighted by Gasteiger charge is 2.28. The summed E-state index contributed by atoms with van der Waals surface area (Å²) in [6.07, 6.45) is 1.89. The first kappa shape index (κ1) is 20.6. The number of benzene rings is 1. The van der Waals surface area contributed by atoms with Gasteiger partial charge in [-0.2, -0.15) is 13.2 Å². The molecule has 0 atom stereocenters. The number of aryl methyl sites for hydroxylation is 2. The number of hydrogen-bond donors (Lipinski definition) is 2. The second-order valence-electron chi connectivity index (χ2n) is 6.02. The van der Waals surface area contributed by atoms with Crippen LogP contribution >= 0.6 is 0 Å². The number of imidazole rings is 1. The van der Waals surface area contributed by atoms with E-state index in [1.807, 2.05) is 16.8 Å². The minimum absolute atomic E-state index is 0.218. The van der Waals surface area contributed by atoms with Gasteiger partial charge >= 0.3 is 6.18 Å². The molecule has 0 aliphatic heterocycles. The SMILES string of the molecule is CN=C(NCCCn1ccnc1)NCc1ccc(C)cc1OCC(F)(F)F. The Kier molecular flexibility index (Phi) is 7.51. The van der Waals surface area contributed by atoms with Gasteiger partial charge in [0, 0.05) is 44.6 Å². The fourth-order valence-corrected chi connectivity index (χ4v) is 2.39. The van der Waals surface area contributed by atoms with Crippen molar-refractivity contribution in [1.82, 2.24) is 20.2 Å². The van der Waals surface area contributed by atoms with E-state index in [9.17, 15) is 13.2 Å². The third kappa shape index (κ3) is 7.59. The summed E-state index contributed by atoms with van der Waals surface area (Å²) in [6, 6.07) is 5.18. The first-order valence-electron chi connectivity index (χ1n) is 8.57. The van der Waals surface area contributed by atoms with Gasteiger partial charge in [-0.1, -0.05) is 12.1 Å². The molecule has 2 N–H and O–H groups in total. The number of nitrogens with zero attached hydrogens (tertiary/aromatic N) is 3. The van der Waals surface area contributed by atoms with Crippen molar-refractivity contribution < 1.29 is 17.9 Å². The Morgan fingerprint density at radius 2 is 2.11 bits per heavy atom. The fraction of sp³-hybridized carbons (Fsp3) is 0.444. The Labute approximate surface area is 156 Å². The van der Waals surface area contributed by atoms with Crippen molar-refractivity contribution in [2.45, 2.75) is 32.6 Å². The molecule has 1 heterocycles. The van der Waals surface area contributed by atoms with Crippen LogP contribution in [0.3, 0.4) is 0 Å². The Morgan fingerprint density at radius 3 is 2.78 bits per heavy atom. The smallest absolute Gasteiger partial charge is 0.422 e. The molecule has 0 aliphatic rings. The molecule has 148 valence electrons. The molecule has 0 amide bonds. The van der Waals surface area contributed by atoms with E-state index in [-0.39, 0.29) is 5.75 Å². The normalized spacial score (nSPS) is 12.1. The largest absolute Gasteiger partial charge is 0.484 e. The predicted molar refractivity (Wildman–Crippen MR) is 97.8 cm³/mol. The summed E-state index contributed by atoms with van der Waals surface area (Å²) in [5.74, 6) is 0.790. The van der Waals surface area contributed by atoms with E-state index in [1.54, 1.807) is 38.6 Å². The van der Waals surface area contributed by atoms with Crippen molar-refractivity contribution in [2.24, 2.45) is 4.99 Å². The molecule has 0 saturated heterocycles. The number of ether oxygens (including phenoxy) is 1. The molecule has 0 unspecified atom stereocenters. The van der Waals surface area contributed by atoms with Gasteiger partial charge in [-0.3, -0.25) is 4.99 Å². The zero-order valence-corrected chi connectivity index (χ0v) is 15.4. The molecule has 1 aromatic heterocycles. The molecule has 0 aliphatic carbocycles. The summed E-state index contributed by atoms with van der Waals surface area (Å²) < 4.78 is 44.3. The number of alkyl halides is 3. The van der Waals surface area contributed by atoms with E-state index < -0.39 is 12.8 Å². The highest BCUT2D eigenvalue weighted by atomic mass is 19.4. The van der Waals surface area contributed by atoms with Gasteiger partial charge in [0.25, 0.3) is 0 Å². The summed E-state index contributed by atoms with van der Waals surface area (Å²) >= 11 is 0. The zero-order chi connectivity index (χ0) is 19.7. The second-order valence-corrected chi connectivity index (χ2v) is 6.02. The minimum atomic E-state index is -4.37. The first-order chi connectivity index (χ1) is 12.9. The topological polar surface area (TPSA) is 63.5 Å². The number of hydrogen-bond acceptors (Lipinski definition) is 3. The van der Waals surface area contributed by atoms with Crippen molar-refractivity contribution in [3.05, 3.63) is 48.0 Å². The van der Waals surface area contributed by atoms with E-state index in [0.29, 0.717) is 24.6 Å². The highest BCUT2D eigenvalue weighted by Crippen LogP contribution is 2.23. The fourth-order valence-electron chi connectivity index (χ4n) is 2.39. The van der Waals surface area contributed by atoms with Crippen molar-refractivity contribution in [1.29, 1.82) is 0 Å². The molecule has 0 fully saturated rings. The summed E-state index contributed by atoms with van der Waals surface area (Å²) in [5.41, 5.74) is 1.46. The number of guanidine groups is 1. The number of halogens is 3. The molecule has 6 nitrogen and oxygen atoms in total. The van der Waals surface area contributed by atoms with Gasteiger partial charge in [0.1, 0.15) is 5.75 Å². The van der Waals surface area contributed by atoms with Gasteiger partial charge in [-0.05, 0) is 25.0 Å². The number of aromatic nitrogens is 2. The zero-order valence-electron chi connectivity index (χ0n) is 15.4. The maximum atomic E-state index is 12.4. The highest BCUT2D eigenvalue weighted by molar-refractivity contribution is 5.79. The first-order valence-corrected chi connectivity index (χ1v) is 8.57. The molecule has 0 saturated carbocycles. The molecule has 0 radical (unpaired) electrons. The molecule has 27 heavy (non-hydrogen) atoms. The lowest BCUT2D eigenvalue weighted by atomic mass is 10.1. The number of rotatable bonds is 8.